The number of nitrogens with zero attached hydrogens (tertiary/aromatic N) is 1. The number of halogens is 2. The van der Waals surface area contributed by atoms with Gasteiger partial charge in [-0.15, -0.1) is 0 Å². The molecule has 4 aromatic carbocycles. The molecule has 0 radical (unpaired) electrons. The number of hydrogen-bond acceptors (Lipinski definition) is 2. The minimum atomic E-state index is -0.919. The third kappa shape index (κ3) is 5.74. The molecule has 1 atom stereocenters. The van der Waals surface area contributed by atoms with Gasteiger partial charge in [-0.1, -0.05) is 71.7 Å². The Morgan fingerprint density at radius 1 is 0.897 bits per heavy atom. The molecule has 0 fully saturated rings. The number of aromatic nitrogens is 1. The third-order valence-corrected chi connectivity index (χ3v) is 7.90. The average molecular weight is 558 g/mol. The van der Waals surface area contributed by atoms with Gasteiger partial charge in [-0.2, -0.15) is 0 Å². The van der Waals surface area contributed by atoms with Crippen molar-refractivity contribution in [1.82, 2.24) is 9.88 Å². The maximum Gasteiger partial charge on any atom is 0.336 e. The van der Waals surface area contributed by atoms with E-state index in [2.05, 4.69) is 61.0 Å². The molecular formula is C33H30Cl2N2O2. The van der Waals surface area contributed by atoms with Crippen LogP contribution >= 0.6 is 23.2 Å². The van der Waals surface area contributed by atoms with Crippen LogP contribution in [0.1, 0.15) is 51.3 Å². The lowest BCUT2D eigenvalue weighted by atomic mass is 9.99. The summed E-state index contributed by atoms with van der Waals surface area (Å²) in [6.07, 6.45) is 0. The summed E-state index contributed by atoms with van der Waals surface area (Å²) in [4.78, 5) is 11.6. The number of rotatable bonds is 8. The van der Waals surface area contributed by atoms with E-state index in [0.717, 1.165) is 35.3 Å². The average Bonchev–Trinajstić information content (AvgIpc) is 3.15. The van der Waals surface area contributed by atoms with Crippen molar-refractivity contribution in [3.63, 3.8) is 0 Å². The molecule has 39 heavy (non-hydrogen) atoms. The number of carbonyl (C=O) groups is 1. The van der Waals surface area contributed by atoms with Crippen LogP contribution in [0.5, 0.6) is 0 Å². The van der Waals surface area contributed by atoms with E-state index in [0.29, 0.717) is 15.6 Å². The van der Waals surface area contributed by atoms with Crippen molar-refractivity contribution in [2.75, 3.05) is 0 Å². The molecule has 1 unspecified atom stereocenters. The number of benzene rings is 4. The minimum absolute atomic E-state index is 0.106. The zero-order valence-electron chi connectivity index (χ0n) is 22.1. The topological polar surface area (TPSA) is 54.3 Å². The van der Waals surface area contributed by atoms with Crippen LogP contribution in [0.4, 0.5) is 0 Å². The number of fused-ring (bicyclic) bond motifs is 1. The molecule has 0 saturated carbocycles. The molecule has 0 bridgehead atoms. The van der Waals surface area contributed by atoms with Crippen LogP contribution < -0.4 is 5.32 Å². The van der Waals surface area contributed by atoms with Crippen molar-refractivity contribution in [2.45, 2.75) is 39.9 Å². The molecule has 5 aromatic rings. The van der Waals surface area contributed by atoms with Crippen molar-refractivity contribution in [2.24, 2.45) is 0 Å². The largest absolute Gasteiger partial charge is 0.478 e. The highest BCUT2D eigenvalue weighted by molar-refractivity contribution is 6.34. The summed E-state index contributed by atoms with van der Waals surface area (Å²) in [6, 6.07) is 27.7. The van der Waals surface area contributed by atoms with E-state index in [9.17, 15) is 9.90 Å². The molecule has 4 nitrogen and oxygen atoms in total. The first-order valence-electron chi connectivity index (χ1n) is 12.9. The summed E-state index contributed by atoms with van der Waals surface area (Å²) in [5.74, 6) is -0.919. The lowest BCUT2D eigenvalue weighted by molar-refractivity contribution is 0.0697. The maximum atomic E-state index is 11.6. The molecule has 2 N–H and O–H groups in total. The van der Waals surface area contributed by atoms with Crippen LogP contribution in [0.15, 0.2) is 84.9 Å². The Labute approximate surface area is 238 Å². The van der Waals surface area contributed by atoms with Crippen LogP contribution in [0.25, 0.3) is 22.0 Å². The van der Waals surface area contributed by atoms with Crippen LogP contribution in [0.2, 0.25) is 10.0 Å². The number of carboxylic acid groups (broad SMARTS) is 1. The van der Waals surface area contributed by atoms with E-state index in [1.807, 2.05) is 36.4 Å². The molecule has 0 amide bonds. The quantitative estimate of drug-likeness (QED) is 0.200. The van der Waals surface area contributed by atoms with Crippen molar-refractivity contribution in [1.29, 1.82) is 0 Å². The van der Waals surface area contributed by atoms with Gasteiger partial charge in [0.15, 0.2) is 0 Å². The second-order valence-electron chi connectivity index (χ2n) is 10.0. The van der Waals surface area contributed by atoms with Crippen molar-refractivity contribution < 1.29 is 9.90 Å². The molecule has 5 rings (SSSR count). The lowest BCUT2D eigenvalue weighted by Crippen LogP contribution is -2.18. The summed E-state index contributed by atoms with van der Waals surface area (Å²) < 4.78 is 2.35. The van der Waals surface area contributed by atoms with E-state index in [1.54, 1.807) is 18.2 Å². The molecule has 1 heterocycles. The number of carboxylic acids is 1. The highest BCUT2D eigenvalue weighted by Crippen LogP contribution is 2.29. The number of aryl methyl sites for hydroxylation is 1. The Morgan fingerprint density at radius 3 is 2.26 bits per heavy atom. The van der Waals surface area contributed by atoms with Gasteiger partial charge in [-0.3, -0.25) is 0 Å². The lowest BCUT2D eigenvalue weighted by Gasteiger charge is -2.15. The molecule has 6 heteroatoms. The molecule has 1 aromatic heterocycles. The van der Waals surface area contributed by atoms with E-state index < -0.39 is 5.97 Å². The van der Waals surface area contributed by atoms with Gasteiger partial charge in [-0.05, 0) is 90.6 Å². The van der Waals surface area contributed by atoms with E-state index in [-0.39, 0.29) is 6.04 Å². The van der Waals surface area contributed by atoms with E-state index in [1.165, 1.54) is 27.7 Å². The Morgan fingerprint density at radius 2 is 1.56 bits per heavy atom. The first-order valence-corrected chi connectivity index (χ1v) is 13.7. The smallest absolute Gasteiger partial charge is 0.336 e. The summed E-state index contributed by atoms with van der Waals surface area (Å²) in [5.41, 5.74) is 9.07. The maximum absolute atomic E-state index is 11.6. The zero-order valence-corrected chi connectivity index (χ0v) is 23.6. The summed E-state index contributed by atoms with van der Waals surface area (Å²) in [7, 11) is 0. The monoisotopic (exact) mass is 556 g/mol. The van der Waals surface area contributed by atoms with Gasteiger partial charge in [-0.25, -0.2) is 4.79 Å². The zero-order chi connectivity index (χ0) is 27.7. The molecule has 0 aliphatic heterocycles. The summed E-state index contributed by atoms with van der Waals surface area (Å²) in [5, 5.41) is 15.7. The Balaban J connectivity index is 1.35. The highest BCUT2D eigenvalue weighted by atomic mass is 35.5. The molecule has 0 saturated heterocycles. The van der Waals surface area contributed by atoms with Crippen LogP contribution in [-0.4, -0.2) is 15.6 Å². The number of nitrogens with one attached hydrogen (secondary N) is 1. The first-order chi connectivity index (χ1) is 18.7. The second kappa shape index (κ2) is 11.3. The van der Waals surface area contributed by atoms with Gasteiger partial charge in [0, 0.05) is 45.8 Å². The van der Waals surface area contributed by atoms with Gasteiger partial charge in [0.2, 0.25) is 0 Å². The fourth-order valence-corrected chi connectivity index (χ4v) is 5.66. The number of hydrogen-bond donors (Lipinski definition) is 2. The van der Waals surface area contributed by atoms with Crippen molar-refractivity contribution in [3.05, 3.63) is 128 Å². The SMILES string of the molecule is Cc1c(C)n(Cc2ccc(-c3ccccc3C(=O)O)cc2)c2ccc(CNC(C)c3cc(Cl)cc(Cl)c3)cc12. The van der Waals surface area contributed by atoms with Crippen molar-refractivity contribution in [3.8, 4) is 11.1 Å². The predicted octanol–water partition coefficient (Wildman–Crippen LogP) is 8.83. The van der Waals surface area contributed by atoms with Crippen molar-refractivity contribution >= 4 is 40.1 Å². The summed E-state index contributed by atoms with van der Waals surface area (Å²) >= 11 is 12.4. The molecule has 0 aliphatic carbocycles. The highest BCUT2D eigenvalue weighted by Gasteiger charge is 2.14. The Kier molecular flexibility index (Phi) is 7.81. The standard InChI is InChI=1S/C33H30Cl2N2O2/c1-20-22(3)37(19-23-8-11-25(12-9-23)29-6-4-5-7-30(29)33(38)39)32-13-10-24(14-31(20)32)18-36-21(2)26-15-27(34)17-28(35)16-26/h4-17,21,36H,18-19H2,1-3H3,(H,38,39). The Hall–Kier alpha value is -3.57. The van der Waals surface area contributed by atoms with Crippen LogP contribution in [0.3, 0.4) is 0 Å². The van der Waals surface area contributed by atoms with Gasteiger partial charge in [0.25, 0.3) is 0 Å². The molecular weight excluding hydrogens is 527 g/mol. The molecule has 0 aliphatic rings. The van der Waals surface area contributed by atoms with Crippen LogP contribution in [-0.2, 0) is 13.1 Å². The van der Waals surface area contributed by atoms with E-state index in [4.69, 9.17) is 23.2 Å². The minimum Gasteiger partial charge on any atom is -0.478 e. The van der Waals surface area contributed by atoms with Gasteiger partial charge in [0.05, 0.1) is 5.56 Å². The van der Waals surface area contributed by atoms with Gasteiger partial charge >= 0.3 is 5.97 Å². The second-order valence-corrected chi connectivity index (χ2v) is 10.9. The molecule has 0 spiro atoms. The fraction of sp³-hybridized carbons (Fsp3) is 0.182. The van der Waals surface area contributed by atoms with E-state index >= 15 is 0 Å². The first kappa shape index (κ1) is 27.0. The van der Waals surface area contributed by atoms with Crippen LogP contribution in [0, 0.1) is 13.8 Å². The summed E-state index contributed by atoms with van der Waals surface area (Å²) in [6.45, 7) is 7.91. The number of aromatic carboxylic acids is 1. The van der Waals surface area contributed by atoms with Gasteiger partial charge < -0.3 is 15.0 Å². The predicted molar refractivity (Wildman–Crippen MR) is 161 cm³/mol. The fourth-order valence-electron chi connectivity index (χ4n) is 5.12. The molecule has 198 valence electrons. The van der Waals surface area contributed by atoms with Gasteiger partial charge in [0.1, 0.15) is 0 Å². The normalized spacial score (nSPS) is 12.1. The Bertz CT molecular complexity index is 1650. The third-order valence-electron chi connectivity index (χ3n) is 7.46.